The van der Waals surface area contributed by atoms with Gasteiger partial charge in [0.25, 0.3) is 0 Å². The van der Waals surface area contributed by atoms with Crippen LogP contribution in [-0.2, 0) is 6.61 Å². The van der Waals surface area contributed by atoms with Crippen LogP contribution in [0.2, 0.25) is 0 Å². The molecule has 0 fully saturated rings. The van der Waals surface area contributed by atoms with Gasteiger partial charge >= 0.3 is 0 Å². The molecule has 15 heavy (non-hydrogen) atoms. The van der Waals surface area contributed by atoms with Crippen LogP contribution in [0.25, 0.3) is 11.0 Å². The second-order valence-corrected chi connectivity index (χ2v) is 4.24. The minimum Gasteiger partial charge on any atom is -0.458 e. The number of hydrogen-bond acceptors (Lipinski definition) is 2. The van der Waals surface area contributed by atoms with Gasteiger partial charge in [-0.3, -0.25) is 0 Å². The fraction of sp³-hybridized carbons (Fsp3) is 0.385. The van der Waals surface area contributed by atoms with Crippen LogP contribution in [0, 0.1) is 6.92 Å². The normalized spacial score (nSPS) is 11.5. The molecule has 0 aliphatic rings. The summed E-state index contributed by atoms with van der Waals surface area (Å²) in [6.45, 7) is 6.31. The molecule has 0 atom stereocenters. The molecule has 0 amide bonds. The summed E-state index contributed by atoms with van der Waals surface area (Å²) in [4.78, 5) is 0. The largest absolute Gasteiger partial charge is 0.458 e. The van der Waals surface area contributed by atoms with Crippen molar-refractivity contribution in [1.82, 2.24) is 0 Å². The van der Waals surface area contributed by atoms with Crippen LogP contribution in [0.15, 0.2) is 22.6 Å². The molecule has 1 heterocycles. The topological polar surface area (TPSA) is 33.4 Å². The van der Waals surface area contributed by atoms with Crippen LogP contribution in [0.3, 0.4) is 0 Å². The maximum atomic E-state index is 9.07. The summed E-state index contributed by atoms with van der Waals surface area (Å²) in [5.74, 6) is 1.11. The number of hydrogen-bond donors (Lipinski definition) is 1. The van der Waals surface area contributed by atoms with Crippen LogP contribution in [0.4, 0.5) is 0 Å². The zero-order valence-electron chi connectivity index (χ0n) is 9.37. The zero-order valence-corrected chi connectivity index (χ0v) is 9.37. The number of aryl methyl sites for hydroxylation is 1. The van der Waals surface area contributed by atoms with Gasteiger partial charge in [0.2, 0.25) is 0 Å². The Hall–Kier alpha value is -1.28. The third kappa shape index (κ3) is 1.65. The number of aliphatic hydroxyl groups is 1. The molecule has 2 heteroatoms. The van der Waals surface area contributed by atoms with Crippen molar-refractivity contribution in [3.63, 3.8) is 0 Å². The molecule has 2 aromatic rings. The average Bonchev–Trinajstić information content (AvgIpc) is 2.62. The molecule has 0 spiro atoms. The molecule has 1 N–H and O–H groups in total. The number of benzene rings is 1. The van der Waals surface area contributed by atoms with E-state index >= 15 is 0 Å². The molecule has 0 aliphatic heterocycles. The van der Waals surface area contributed by atoms with Gasteiger partial charge < -0.3 is 9.52 Å². The third-order valence-electron chi connectivity index (χ3n) is 2.74. The molecule has 2 nitrogen and oxygen atoms in total. The fourth-order valence-electron chi connectivity index (χ4n) is 1.91. The summed E-state index contributed by atoms with van der Waals surface area (Å²) in [6, 6.07) is 6.15. The Morgan fingerprint density at radius 1 is 1.33 bits per heavy atom. The SMILES string of the molecule is Cc1ccc(C(C)C)c2cc(CO)oc12. The van der Waals surface area contributed by atoms with Gasteiger partial charge in [-0.25, -0.2) is 0 Å². The Kier molecular flexibility index (Phi) is 2.53. The number of furan rings is 1. The Labute approximate surface area is 89.5 Å². The van der Waals surface area contributed by atoms with E-state index in [0.29, 0.717) is 11.7 Å². The van der Waals surface area contributed by atoms with E-state index in [1.54, 1.807) is 0 Å². The summed E-state index contributed by atoms with van der Waals surface area (Å²) in [7, 11) is 0. The molecule has 0 saturated heterocycles. The van der Waals surface area contributed by atoms with E-state index in [2.05, 4.69) is 26.0 Å². The first-order chi connectivity index (χ1) is 7.13. The molecular formula is C13H16O2. The lowest BCUT2D eigenvalue weighted by molar-refractivity contribution is 0.251. The first-order valence-corrected chi connectivity index (χ1v) is 5.26. The Bertz CT molecular complexity index is 480. The molecule has 0 bridgehead atoms. The molecule has 0 radical (unpaired) electrons. The standard InChI is InChI=1S/C13H16O2/c1-8(2)11-5-4-9(3)13-12(11)6-10(7-14)15-13/h4-6,8,14H,7H2,1-3H3. The first kappa shape index (κ1) is 10.2. The van der Waals surface area contributed by atoms with Crippen LogP contribution < -0.4 is 0 Å². The number of fused-ring (bicyclic) bond motifs is 1. The predicted molar refractivity (Wildman–Crippen MR) is 61.0 cm³/mol. The van der Waals surface area contributed by atoms with Crippen LogP contribution in [-0.4, -0.2) is 5.11 Å². The lowest BCUT2D eigenvalue weighted by atomic mass is 9.97. The highest BCUT2D eigenvalue weighted by atomic mass is 16.4. The van der Waals surface area contributed by atoms with Crippen molar-refractivity contribution in [2.75, 3.05) is 0 Å². The average molecular weight is 204 g/mol. The lowest BCUT2D eigenvalue weighted by Crippen LogP contribution is -1.88. The summed E-state index contributed by atoms with van der Waals surface area (Å²) in [5, 5.41) is 10.2. The van der Waals surface area contributed by atoms with Crippen molar-refractivity contribution < 1.29 is 9.52 Å². The van der Waals surface area contributed by atoms with E-state index in [1.165, 1.54) is 5.56 Å². The molecule has 80 valence electrons. The molecule has 0 unspecified atom stereocenters. The molecule has 0 aliphatic carbocycles. The molecule has 2 rings (SSSR count). The third-order valence-corrected chi connectivity index (χ3v) is 2.74. The van der Waals surface area contributed by atoms with Crippen molar-refractivity contribution in [2.24, 2.45) is 0 Å². The van der Waals surface area contributed by atoms with E-state index < -0.39 is 0 Å². The highest BCUT2D eigenvalue weighted by Crippen LogP contribution is 2.30. The summed E-state index contributed by atoms with van der Waals surface area (Å²) in [6.07, 6.45) is 0. The fourth-order valence-corrected chi connectivity index (χ4v) is 1.91. The minimum absolute atomic E-state index is 0.0361. The van der Waals surface area contributed by atoms with Crippen molar-refractivity contribution >= 4 is 11.0 Å². The van der Waals surface area contributed by atoms with Crippen molar-refractivity contribution in [1.29, 1.82) is 0 Å². The van der Waals surface area contributed by atoms with Gasteiger partial charge in [0, 0.05) is 5.39 Å². The van der Waals surface area contributed by atoms with Gasteiger partial charge in [-0.1, -0.05) is 26.0 Å². The van der Waals surface area contributed by atoms with Gasteiger partial charge in [-0.2, -0.15) is 0 Å². The highest BCUT2D eigenvalue weighted by molar-refractivity contribution is 5.85. The second kappa shape index (κ2) is 3.70. The smallest absolute Gasteiger partial charge is 0.137 e. The van der Waals surface area contributed by atoms with Gasteiger partial charge in [-0.05, 0) is 30.0 Å². The first-order valence-electron chi connectivity index (χ1n) is 5.26. The van der Waals surface area contributed by atoms with Gasteiger partial charge in [0.1, 0.15) is 18.0 Å². The quantitative estimate of drug-likeness (QED) is 0.813. The number of aliphatic hydroxyl groups excluding tert-OH is 1. The molecule has 1 aromatic carbocycles. The van der Waals surface area contributed by atoms with Crippen molar-refractivity contribution in [3.05, 3.63) is 35.1 Å². The molecular weight excluding hydrogens is 188 g/mol. The Morgan fingerprint density at radius 2 is 2.07 bits per heavy atom. The Balaban J connectivity index is 2.74. The van der Waals surface area contributed by atoms with Crippen molar-refractivity contribution in [2.45, 2.75) is 33.3 Å². The van der Waals surface area contributed by atoms with Crippen LogP contribution in [0.5, 0.6) is 0 Å². The van der Waals surface area contributed by atoms with E-state index in [9.17, 15) is 0 Å². The summed E-state index contributed by atoms with van der Waals surface area (Å²) < 4.78 is 5.59. The maximum absolute atomic E-state index is 9.07. The van der Waals surface area contributed by atoms with Crippen LogP contribution in [0.1, 0.15) is 36.7 Å². The predicted octanol–water partition coefficient (Wildman–Crippen LogP) is 3.36. The van der Waals surface area contributed by atoms with Crippen LogP contribution >= 0.6 is 0 Å². The lowest BCUT2D eigenvalue weighted by Gasteiger charge is -2.07. The second-order valence-electron chi connectivity index (χ2n) is 4.24. The van der Waals surface area contributed by atoms with E-state index in [0.717, 1.165) is 16.5 Å². The number of rotatable bonds is 2. The monoisotopic (exact) mass is 204 g/mol. The van der Waals surface area contributed by atoms with Crippen molar-refractivity contribution in [3.8, 4) is 0 Å². The summed E-state index contributed by atoms with van der Waals surface area (Å²) in [5.41, 5.74) is 3.30. The van der Waals surface area contributed by atoms with E-state index in [-0.39, 0.29) is 6.61 Å². The van der Waals surface area contributed by atoms with E-state index in [1.807, 2.05) is 13.0 Å². The molecule has 0 saturated carbocycles. The summed E-state index contributed by atoms with van der Waals surface area (Å²) >= 11 is 0. The zero-order chi connectivity index (χ0) is 11.0. The van der Waals surface area contributed by atoms with Gasteiger partial charge in [0.05, 0.1) is 0 Å². The maximum Gasteiger partial charge on any atom is 0.137 e. The van der Waals surface area contributed by atoms with Gasteiger partial charge in [-0.15, -0.1) is 0 Å². The molecule has 1 aromatic heterocycles. The Morgan fingerprint density at radius 3 is 2.67 bits per heavy atom. The van der Waals surface area contributed by atoms with Gasteiger partial charge in [0.15, 0.2) is 0 Å². The van der Waals surface area contributed by atoms with E-state index in [4.69, 9.17) is 9.52 Å². The highest BCUT2D eigenvalue weighted by Gasteiger charge is 2.11. The minimum atomic E-state index is -0.0361.